The molecule has 2 aliphatic rings. The molecule has 1 aromatic carbocycles. The summed E-state index contributed by atoms with van der Waals surface area (Å²) in [6.45, 7) is 0. The van der Waals surface area contributed by atoms with Crippen LogP contribution in [-0.2, 0) is 10.2 Å². The molecule has 1 fully saturated rings. The van der Waals surface area contributed by atoms with Gasteiger partial charge in [0.15, 0.2) is 11.6 Å². The summed E-state index contributed by atoms with van der Waals surface area (Å²) in [5, 5.41) is 5.70. The van der Waals surface area contributed by atoms with E-state index in [4.69, 9.17) is 11.6 Å². The van der Waals surface area contributed by atoms with Crippen LogP contribution in [0.5, 0.6) is 0 Å². The second-order valence-electron chi connectivity index (χ2n) is 5.73. The maximum absolute atomic E-state index is 13.7. The third-order valence-corrected chi connectivity index (χ3v) is 4.38. The molecule has 1 amide bonds. The largest absolute Gasteiger partial charge is 0.338 e. The summed E-state index contributed by atoms with van der Waals surface area (Å²) < 4.78 is 13.7. The number of rotatable bonds is 2. The van der Waals surface area contributed by atoms with Gasteiger partial charge in [0.2, 0.25) is 11.2 Å². The number of halogens is 2. The molecule has 2 N–H and O–H groups in total. The zero-order valence-electron chi connectivity index (χ0n) is 11.5. The standard InChI is InChI=1S/C15H12ClFN4O/c16-14-18-7-10(17)13(21-14)19-8-1-2-9-11(5-8)20-12(22)6-15(9)3-4-15/h1-2,5,7H,3-4,6H2,(H,20,22)(H,18,19,21). The number of amides is 1. The van der Waals surface area contributed by atoms with Crippen molar-refractivity contribution in [3.8, 4) is 0 Å². The van der Waals surface area contributed by atoms with Crippen LogP contribution in [0.15, 0.2) is 24.4 Å². The maximum atomic E-state index is 13.7. The van der Waals surface area contributed by atoms with Crippen LogP contribution >= 0.6 is 11.6 Å². The molecule has 0 atom stereocenters. The van der Waals surface area contributed by atoms with E-state index in [2.05, 4.69) is 20.6 Å². The molecule has 2 aromatic rings. The van der Waals surface area contributed by atoms with E-state index in [-0.39, 0.29) is 22.4 Å². The fourth-order valence-electron chi connectivity index (χ4n) is 2.95. The van der Waals surface area contributed by atoms with E-state index in [9.17, 15) is 9.18 Å². The van der Waals surface area contributed by atoms with E-state index in [1.807, 2.05) is 12.1 Å². The van der Waals surface area contributed by atoms with Gasteiger partial charge < -0.3 is 10.6 Å². The minimum Gasteiger partial charge on any atom is -0.338 e. The predicted octanol–water partition coefficient (Wildman–Crippen LogP) is 3.39. The van der Waals surface area contributed by atoms with Crippen LogP contribution in [0.1, 0.15) is 24.8 Å². The van der Waals surface area contributed by atoms with Crippen molar-refractivity contribution in [3.63, 3.8) is 0 Å². The van der Waals surface area contributed by atoms with Gasteiger partial charge in [-0.1, -0.05) is 6.07 Å². The highest BCUT2D eigenvalue weighted by Gasteiger charge is 2.49. The van der Waals surface area contributed by atoms with Crippen molar-refractivity contribution >= 4 is 34.7 Å². The SMILES string of the molecule is O=C1CC2(CC2)c2ccc(Nc3nc(Cl)ncc3F)cc2N1. The van der Waals surface area contributed by atoms with Crippen molar-refractivity contribution in [1.29, 1.82) is 0 Å². The van der Waals surface area contributed by atoms with Crippen molar-refractivity contribution in [2.24, 2.45) is 0 Å². The fourth-order valence-corrected chi connectivity index (χ4v) is 3.09. The molecule has 0 radical (unpaired) electrons. The molecular weight excluding hydrogens is 307 g/mol. The number of hydrogen-bond donors (Lipinski definition) is 2. The Balaban J connectivity index is 1.68. The highest BCUT2D eigenvalue weighted by Crippen LogP contribution is 2.55. The highest BCUT2D eigenvalue weighted by atomic mass is 35.5. The lowest BCUT2D eigenvalue weighted by atomic mass is 9.87. The molecule has 2 heterocycles. The lowest BCUT2D eigenvalue weighted by Gasteiger charge is -2.26. The van der Waals surface area contributed by atoms with E-state index in [1.54, 1.807) is 6.07 Å². The smallest absolute Gasteiger partial charge is 0.225 e. The van der Waals surface area contributed by atoms with Gasteiger partial charge in [0.25, 0.3) is 0 Å². The zero-order chi connectivity index (χ0) is 15.3. The third-order valence-electron chi connectivity index (χ3n) is 4.19. The first kappa shape index (κ1) is 13.5. The Morgan fingerprint density at radius 2 is 2.18 bits per heavy atom. The summed E-state index contributed by atoms with van der Waals surface area (Å²) in [4.78, 5) is 19.2. The number of benzene rings is 1. The minimum atomic E-state index is -0.593. The lowest BCUT2D eigenvalue weighted by Crippen LogP contribution is -2.27. The maximum Gasteiger partial charge on any atom is 0.225 e. The highest BCUT2D eigenvalue weighted by molar-refractivity contribution is 6.28. The van der Waals surface area contributed by atoms with Crippen molar-refractivity contribution in [3.05, 3.63) is 41.1 Å². The van der Waals surface area contributed by atoms with Crippen LogP contribution in [0.3, 0.4) is 0 Å². The predicted molar refractivity (Wildman–Crippen MR) is 80.9 cm³/mol. The summed E-state index contributed by atoms with van der Waals surface area (Å²) in [5.41, 5.74) is 2.57. The molecule has 1 aliphatic carbocycles. The van der Waals surface area contributed by atoms with E-state index >= 15 is 0 Å². The average molecular weight is 319 g/mol. The number of aromatic nitrogens is 2. The Morgan fingerprint density at radius 3 is 2.95 bits per heavy atom. The van der Waals surface area contributed by atoms with Gasteiger partial charge in [0.05, 0.1) is 6.20 Å². The first-order valence-electron chi connectivity index (χ1n) is 6.95. The second kappa shape index (κ2) is 4.64. The van der Waals surface area contributed by atoms with Gasteiger partial charge >= 0.3 is 0 Å². The molecule has 7 heteroatoms. The zero-order valence-corrected chi connectivity index (χ0v) is 12.2. The lowest BCUT2D eigenvalue weighted by molar-refractivity contribution is -0.117. The number of nitrogens with one attached hydrogen (secondary N) is 2. The topological polar surface area (TPSA) is 66.9 Å². The Bertz CT molecular complexity index is 791. The Kier molecular flexibility index (Phi) is 2.84. The van der Waals surface area contributed by atoms with Crippen LogP contribution in [0, 0.1) is 5.82 Å². The van der Waals surface area contributed by atoms with Crippen LogP contribution in [0.2, 0.25) is 5.28 Å². The van der Waals surface area contributed by atoms with E-state index in [1.165, 1.54) is 0 Å². The summed E-state index contributed by atoms with van der Waals surface area (Å²) in [6, 6.07) is 5.62. The van der Waals surface area contributed by atoms with Gasteiger partial charge in [0.1, 0.15) is 0 Å². The van der Waals surface area contributed by atoms with Crippen molar-refractivity contribution in [2.45, 2.75) is 24.7 Å². The molecule has 0 bridgehead atoms. The summed E-state index contributed by atoms with van der Waals surface area (Å²) in [7, 11) is 0. The first-order valence-corrected chi connectivity index (χ1v) is 7.33. The molecule has 112 valence electrons. The van der Waals surface area contributed by atoms with E-state index in [0.717, 1.165) is 30.3 Å². The molecule has 1 aromatic heterocycles. The van der Waals surface area contributed by atoms with Gasteiger partial charge in [-0.15, -0.1) is 0 Å². The number of carbonyl (C=O) groups excluding carboxylic acids is 1. The minimum absolute atomic E-state index is 0.00298. The summed E-state index contributed by atoms with van der Waals surface area (Å²) >= 11 is 5.68. The van der Waals surface area contributed by atoms with Crippen molar-refractivity contribution < 1.29 is 9.18 Å². The molecule has 0 unspecified atom stereocenters. The molecule has 22 heavy (non-hydrogen) atoms. The molecule has 5 nitrogen and oxygen atoms in total. The molecule has 1 saturated carbocycles. The summed E-state index contributed by atoms with van der Waals surface area (Å²) in [5.74, 6) is -0.563. The normalized spacial score (nSPS) is 17.8. The molecule has 1 spiro atoms. The number of carbonyl (C=O) groups is 1. The summed E-state index contributed by atoms with van der Waals surface area (Å²) in [6.07, 6.45) is 3.63. The molecular formula is C15H12ClFN4O. The van der Waals surface area contributed by atoms with Gasteiger partial charge in [-0.2, -0.15) is 4.98 Å². The molecule has 1 aliphatic heterocycles. The fraction of sp³-hybridized carbons (Fsp3) is 0.267. The Labute approximate surface area is 130 Å². The van der Waals surface area contributed by atoms with Gasteiger partial charge in [-0.05, 0) is 42.1 Å². The van der Waals surface area contributed by atoms with Crippen LogP contribution < -0.4 is 10.6 Å². The van der Waals surface area contributed by atoms with E-state index in [0.29, 0.717) is 12.1 Å². The quantitative estimate of drug-likeness (QED) is 0.833. The van der Waals surface area contributed by atoms with Gasteiger partial charge in [0, 0.05) is 23.2 Å². The second-order valence-corrected chi connectivity index (χ2v) is 6.06. The van der Waals surface area contributed by atoms with Crippen molar-refractivity contribution in [2.75, 3.05) is 10.6 Å². The van der Waals surface area contributed by atoms with Crippen molar-refractivity contribution in [1.82, 2.24) is 9.97 Å². The number of hydrogen-bond acceptors (Lipinski definition) is 4. The van der Waals surface area contributed by atoms with E-state index < -0.39 is 5.82 Å². The van der Waals surface area contributed by atoms with Gasteiger partial charge in [-0.3, -0.25) is 4.79 Å². The number of fused-ring (bicyclic) bond motifs is 2. The average Bonchev–Trinajstić information content (AvgIpc) is 3.22. The Morgan fingerprint density at radius 1 is 1.36 bits per heavy atom. The van der Waals surface area contributed by atoms with Crippen LogP contribution in [0.4, 0.5) is 21.6 Å². The first-order chi connectivity index (χ1) is 10.6. The van der Waals surface area contributed by atoms with Crippen LogP contribution in [-0.4, -0.2) is 15.9 Å². The molecule has 4 rings (SSSR count). The molecule has 0 saturated heterocycles. The van der Waals surface area contributed by atoms with Gasteiger partial charge in [-0.25, -0.2) is 9.37 Å². The Hall–Kier alpha value is -2.21. The number of nitrogens with zero attached hydrogens (tertiary/aromatic N) is 2. The third kappa shape index (κ3) is 2.20. The number of anilines is 3. The monoisotopic (exact) mass is 318 g/mol. The van der Waals surface area contributed by atoms with Crippen LogP contribution in [0.25, 0.3) is 0 Å².